The molecule has 0 aromatic heterocycles. The third kappa shape index (κ3) is 2.61. The molecule has 3 heteroatoms. The zero-order valence-corrected chi connectivity index (χ0v) is 11.8. The topological polar surface area (TPSA) is 34.1 Å². The fourth-order valence-corrected chi connectivity index (χ4v) is 3.96. The second-order valence-electron chi connectivity index (χ2n) is 5.52. The number of Topliss-reactive ketones (excluding diaryl/α,β-unsaturated/α-hetero) is 2. The molecule has 2 rings (SSSR count). The highest BCUT2D eigenvalue weighted by atomic mass is 32.2. The zero-order chi connectivity index (χ0) is 13.3. The van der Waals surface area contributed by atoms with Crippen molar-refractivity contribution in [3.8, 4) is 0 Å². The lowest BCUT2D eigenvalue weighted by atomic mass is 9.76. The molecule has 0 saturated heterocycles. The highest BCUT2D eigenvalue weighted by Crippen LogP contribution is 2.35. The number of carbonyl (C=O) groups excluding carboxylic acids is 2. The summed E-state index contributed by atoms with van der Waals surface area (Å²) in [7, 11) is -0.396. The summed E-state index contributed by atoms with van der Waals surface area (Å²) < 4.78 is 0. The standard InChI is InChI=1S/C15H18O2S/c1-15(2)9-12(16)14(13(17)10-15)18(3)11-7-5-4-6-8-11/h4-8H,9-10H2,1-3H3. The minimum Gasteiger partial charge on any atom is -0.293 e. The van der Waals surface area contributed by atoms with Gasteiger partial charge in [-0.3, -0.25) is 9.59 Å². The Morgan fingerprint density at radius 1 is 1.00 bits per heavy atom. The van der Waals surface area contributed by atoms with Gasteiger partial charge in [-0.25, -0.2) is 0 Å². The lowest BCUT2D eigenvalue weighted by Gasteiger charge is -2.29. The molecule has 0 spiro atoms. The molecule has 0 bridgehead atoms. The Labute approximate surface area is 110 Å². The van der Waals surface area contributed by atoms with Crippen molar-refractivity contribution in [2.45, 2.75) is 31.6 Å². The molecule has 0 N–H and O–H groups in total. The minimum absolute atomic E-state index is 0.0333. The van der Waals surface area contributed by atoms with Crippen molar-refractivity contribution in [3.05, 3.63) is 30.3 Å². The largest absolute Gasteiger partial charge is 0.293 e. The van der Waals surface area contributed by atoms with Gasteiger partial charge in [0.05, 0.1) is 4.86 Å². The monoisotopic (exact) mass is 262 g/mol. The van der Waals surface area contributed by atoms with Gasteiger partial charge in [0.25, 0.3) is 0 Å². The molecule has 1 saturated carbocycles. The highest BCUT2D eigenvalue weighted by Gasteiger charge is 2.36. The van der Waals surface area contributed by atoms with Crippen molar-refractivity contribution in [1.29, 1.82) is 0 Å². The van der Waals surface area contributed by atoms with Crippen LogP contribution in [-0.4, -0.2) is 22.7 Å². The summed E-state index contributed by atoms with van der Waals surface area (Å²) >= 11 is 0. The first-order valence-electron chi connectivity index (χ1n) is 6.05. The van der Waals surface area contributed by atoms with Crippen LogP contribution in [0.2, 0.25) is 0 Å². The molecule has 1 aliphatic carbocycles. The quantitative estimate of drug-likeness (QED) is 0.729. The van der Waals surface area contributed by atoms with E-state index in [1.807, 2.05) is 50.4 Å². The zero-order valence-electron chi connectivity index (χ0n) is 11.0. The van der Waals surface area contributed by atoms with Crippen molar-refractivity contribution in [2.24, 2.45) is 5.41 Å². The third-order valence-electron chi connectivity index (χ3n) is 3.19. The first-order valence-corrected chi connectivity index (χ1v) is 7.68. The van der Waals surface area contributed by atoms with Crippen LogP contribution >= 0.6 is 10.5 Å². The number of rotatable bonds is 1. The van der Waals surface area contributed by atoms with Gasteiger partial charge in [-0.1, -0.05) is 32.0 Å². The van der Waals surface area contributed by atoms with E-state index in [-0.39, 0.29) is 17.0 Å². The van der Waals surface area contributed by atoms with E-state index in [0.29, 0.717) is 17.7 Å². The summed E-state index contributed by atoms with van der Waals surface area (Å²) in [6.07, 6.45) is 2.94. The Morgan fingerprint density at radius 2 is 1.50 bits per heavy atom. The number of hydrogen-bond donors (Lipinski definition) is 0. The van der Waals surface area contributed by atoms with Crippen molar-refractivity contribution in [3.63, 3.8) is 0 Å². The number of benzene rings is 1. The molecule has 18 heavy (non-hydrogen) atoms. The Kier molecular flexibility index (Phi) is 3.53. The predicted molar refractivity (Wildman–Crippen MR) is 76.3 cm³/mol. The van der Waals surface area contributed by atoms with Gasteiger partial charge in [-0.2, -0.15) is 0 Å². The minimum atomic E-state index is -0.396. The van der Waals surface area contributed by atoms with Gasteiger partial charge in [0.1, 0.15) is 0 Å². The van der Waals surface area contributed by atoms with Crippen molar-refractivity contribution in [2.75, 3.05) is 6.26 Å². The van der Waals surface area contributed by atoms with E-state index in [2.05, 4.69) is 0 Å². The molecule has 1 unspecified atom stereocenters. The van der Waals surface area contributed by atoms with Gasteiger partial charge >= 0.3 is 0 Å². The van der Waals surface area contributed by atoms with Gasteiger partial charge in [-0.15, -0.1) is 10.5 Å². The number of hydrogen-bond acceptors (Lipinski definition) is 2. The predicted octanol–water partition coefficient (Wildman–Crippen LogP) is 3.07. The van der Waals surface area contributed by atoms with Crippen LogP contribution in [-0.2, 0) is 9.59 Å². The van der Waals surface area contributed by atoms with E-state index in [1.54, 1.807) is 0 Å². The van der Waals surface area contributed by atoms with Crippen LogP contribution in [0.25, 0.3) is 0 Å². The highest BCUT2D eigenvalue weighted by molar-refractivity contribution is 8.17. The van der Waals surface area contributed by atoms with E-state index in [9.17, 15) is 9.59 Å². The molecule has 1 aromatic rings. The molecule has 2 nitrogen and oxygen atoms in total. The van der Waals surface area contributed by atoms with E-state index in [4.69, 9.17) is 0 Å². The Morgan fingerprint density at radius 3 is 2.00 bits per heavy atom. The second-order valence-corrected chi connectivity index (χ2v) is 7.42. The average molecular weight is 262 g/mol. The Balaban J connectivity index is 2.44. The summed E-state index contributed by atoms with van der Waals surface area (Å²) in [5.74, 6) is 0.0665. The van der Waals surface area contributed by atoms with Gasteiger partial charge in [0.2, 0.25) is 0 Å². The lowest BCUT2D eigenvalue weighted by molar-refractivity contribution is -0.122. The molecule has 0 aliphatic heterocycles. The average Bonchev–Trinajstić information content (AvgIpc) is 2.27. The molecule has 96 valence electrons. The van der Waals surface area contributed by atoms with Crippen LogP contribution < -0.4 is 0 Å². The summed E-state index contributed by atoms with van der Waals surface area (Å²) in [6, 6.07) is 9.80. The number of ketones is 2. The summed E-state index contributed by atoms with van der Waals surface area (Å²) in [5.41, 5.74) is -0.182. The molecular formula is C15H18O2S. The van der Waals surface area contributed by atoms with Gasteiger partial charge in [-0.05, 0) is 23.8 Å². The van der Waals surface area contributed by atoms with Crippen molar-refractivity contribution < 1.29 is 9.59 Å². The third-order valence-corrected chi connectivity index (χ3v) is 5.23. The fourth-order valence-electron chi connectivity index (χ4n) is 2.33. The number of carbonyl (C=O) groups is 2. The molecule has 1 fully saturated rings. The molecule has 1 aliphatic rings. The smallest absolute Gasteiger partial charge is 0.172 e. The first-order chi connectivity index (χ1) is 8.41. The molecule has 0 heterocycles. The van der Waals surface area contributed by atoms with Crippen molar-refractivity contribution in [1.82, 2.24) is 0 Å². The maximum absolute atomic E-state index is 12.2. The van der Waals surface area contributed by atoms with Crippen LogP contribution in [0, 0.1) is 5.41 Å². The van der Waals surface area contributed by atoms with E-state index in [0.717, 1.165) is 4.90 Å². The molecule has 0 amide bonds. The molecule has 1 atom stereocenters. The normalized spacial score (nSPS) is 20.9. The molecule has 1 aromatic carbocycles. The van der Waals surface area contributed by atoms with Crippen molar-refractivity contribution >= 4 is 26.9 Å². The Hall–Kier alpha value is -1.22. The summed E-state index contributed by atoms with van der Waals surface area (Å²) in [5, 5.41) is 0. The van der Waals surface area contributed by atoms with Crippen LogP contribution in [0.5, 0.6) is 0 Å². The van der Waals surface area contributed by atoms with E-state index in [1.165, 1.54) is 0 Å². The first kappa shape index (κ1) is 13.2. The van der Waals surface area contributed by atoms with Crippen LogP contribution in [0.3, 0.4) is 0 Å². The van der Waals surface area contributed by atoms with E-state index >= 15 is 0 Å². The second kappa shape index (κ2) is 4.81. The molecular weight excluding hydrogens is 244 g/mol. The van der Waals surface area contributed by atoms with Crippen LogP contribution in [0.15, 0.2) is 35.2 Å². The van der Waals surface area contributed by atoms with Crippen LogP contribution in [0.4, 0.5) is 0 Å². The Bertz CT molecular complexity index is 505. The summed E-state index contributed by atoms with van der Waals surface area (Å²) in [6.45, 7) is 3.96. The van der Waals surface area contributed by atoms with Gasteiger partial charge in [0.15, 0.2) is 11.6 Å². The van der Waals surface area contributed by atoms with E-state index < -0.39 is 10.5 Å². The van der Waals surface area contributed by atoms with Crippen LogP contribution in [0.1, 0.15) is 26.7 Å². The lowest BCUT2D eigenvalue weighted by Crippen LogP contribution is -2.38. The maximum atomic E-state index is 12.2. The van der Waals surface area contributed by atoms with Gasteiger partial charge in [0, 0.05) is 17.7 Å². The maximum Gasteiger partial charge on any atom is 0.172 e. The fraction of sp³-hybridized carbons (Fsp3) is 0.400. The summed E-state index contributed by atoms with van der Waals surface area (Å²) in [4.78, 5) is 25.9. The van der Waals surface area contributed by atoms with Gasteiger partial charge < -0.3 is 0 Å². The molecule has 0 radical (unpaired) electrons. The SMILES string of the molecule is CS(=C1C(=O)CC(C)(C)CC1=O)c1ccccc1.